The second-order valence-corrected chi connectivity index (χ2v) is 5.00. The molecular weight excluding hydrogens is 250 g/mol. The SMILES string of the molecule is COCCNc1nc(C)c(C(=O)C=CN(C)C)s1. The Bertz CT molecular complexity index is 427. The molecule has 1 heterocycles. The molecule has 0 spiro atoms. The van der Waals surface area contributed by atoms with E-state index >= 15 is 0 Å². The monoisotopic (exact) mass is 269 g/mol. The normalized spacial score (nSPS) is 10.9. The zero-order valence-electron chi connectivity index (χ0n) is 11.2. The van der Waals surface area contributed by atoms with Crippen molar-refractivity contribution in [2.45, 2.75) is 6.92 Å². The Morgan fingerprint density at radius 2 is 2.28 bits per heavy atom. The number of thiazole rings is 1. The molecule has 100 valence electrons. The highest BCUT2D eigenvalue weighted by molar-refractivity contribution is 7.17. The van der Waals surface area contributed by atoms with Gasteiger partial charge in [-0.15, -0.1) is 0 Å². The summed E-state index contributed by atoms with van der Waals surface area (Å²) in [7, 11) is 5.40. The number of aromatic nitrogens is 1. The summed E-state index contributed by atoms with van der Waals surface area (Å²) in [5, 5.41) is 3.88. The van der Waals surface area contributed by atoms with Crippen LogP contribution < -0.4 is 5.32 Å². The van der Waals surface area contributed by atoms with E-state index in [9.17, 15) is 4.79 Å². The zero-order chi connectivity index (χ0) is 13.5. The summed E-state index contributed by atoms with van der Waals surface area (Å²) < 4.78 is 4.94. The first-order valence-corrected chi connectivity index (χ1v) is 6.45. The minimum Gasteiger partial charge on any atom is -0.383 e. The lowest BCUT2D eigenvalue weighted by Gasteiger charge is -2.01. The number of methoxy groups -OCH3 is 1. The van der Waals surface area contributed by atoms with Gasteiger partial charge in [0.2, 0.25) is 0 Å². The first-order valence-electron chi connectivity index (χ1n) is 5.63. The molecule has 0 bridgehead atoms. The van der Waals surface area contributed by atoms with Crippen LogP contribution in [-0.2, 0) is 4.74 Å². The number of carbonyl (C=O) groups excluding carboxylic acids is 1. The van der Waals surface area contributed by atoms with Gasteiger partial charge in [0.25, 0.3) is 0 Å². The minimum atomic E-state index is -0.0153. The van der Waals surface area contributed by atoms with Crippen molar-refractivity contribution in [2.24, 2.45) is 0 Å². The molecule has 0 aliphatic rings. The van der Waals surface area contributed by atoms with Crippen molar-refractivity contribution in [3.05, 3.63) is 22.8 Å². The summed E-state index contributed by atoms with van der Waals surface area (Å²) in [6.07, 6.45) is 3.29. The fourth-order valence-electron chi connectivity index (χ4n) is 1.25. The van der Waals surface area contributed by atoms with E-state index in [2.05, 4.69) is 10.3 Å². The van der Waals surface area contributed by atoms with Crippen molar-refractivity contribution in [3.8, 4) is 0 Å². The molecule has 1 aromatic rings. The predicted octanol–water partition coefficient (Wildman–Crippen LogP) is 1.77. The molecule has 0 saturated carbocycles. The molecule has 0 aliphatic carbocycles. The first kappa shape index (κ1) is 14.7. The second-order valence-electron chi connectivity index (χ2n) is 4.00. The van der Waals surface area contributed by atoms with Crippen LogP contribution in [0.5, 0.6) is 0 Å². The van der Waals surface area contributed by atoms with Gasteiger partial charge in [-0.1, -0.05) is 11.3 Å². The van der Waals surface area contributed by atoms with Crippen LogP contribution in [0.3, 0.4) is 0 Å². The van der Waals surface area contributed by atoms with Gasteiger partial charge >= 0.3 is 0 Å². The molecule has 6 heteroatoms. The molecule has 0 aromatic carbocycles. The molecular formula is C12H19N3O2S. The number of rotatable bonds is 7. The summed E-state index contributed by atoms with van der Waals surface area (Å²) in [5.41, 5.74) is 0.758. The number of hydrogen-bond acceptors (Lipinski definition) is 6. The fraction of sp³-hybridized carbons (Fsp3) is 0.500. The van der Waals surface area contributed by atoms with Gasteiger partial charge in [0.1, 0.15) is 0 Å². The number of aryl methyl sites for hydroxylation is 1. The lowest BCUT2D eigenvalue weighted by Crippen LogP contribution is -2.06. The van der Waals surface area contributed by atoms with Gasteiger partial charge in [0, 0.05) is 40.0 Å². The topological polar surface area (TPSA) is 54.5 Å². The third kappa shape index (κ3) is 4.46. The lowest BCUT2D eigenvalue weighted by molar-refractivity contribution is 0.104. The van der Waals surface area contributed by atoms with E-state index in [-0.39, 0.29) is 5.78 Å². The van der Waals surface area contributed by atoms with Crippen LogP contribution in [0.15, 0.2) is 12.3 Å². The molecule has 0 atom stereocenters. The number of hydrogen-bond donors (Lipinski definition) is 1. The molecule has 0 unspecified atom stereocenters. The Kier molecular flexibility index (Phi) is 5.80. The highest BCUT2D eigenvalue weighted by Gasteiger charge is 2.12. The molecule has 0 amide bonds. The average Bonchev–Trinajstić information content (AvgIpc) is 2.68. The van der Waals surface area contributed by atoms with Crippen molar-refractivity contribution in [3.63, 3.8) is 0 Å². The van der Waals surface area contributed by atoms with E-state index in [1.807, 2.05) is 25.9 Å². The number of allylic oxidation sites excluding steroid dienone is 1. The van der Waals surface area contributed by atoms with E-state index in [0.717, 1.165) is 10.8 Å². The highest BCUT2D eigenvalue weighted by Crippen LogP contribution is 2.23. The maximum atomic E-state index is 11.9. The zero-order valence-corrected chi connectivity index (χ0v) is 12.0. The summed E-state index contributed by atoms with van der Waals surface area (Å²) in [6.45, 7) is 3.14. The van der Waals surface area contributed by atoms with Crippen LogP contribution in [0.2, 0.25) is 0 Å². The number of ketones is 1. The first-order chi connectivity index (χ1) is 8.54. The number of carbonyl (C=O) groups is 1. The maximum absolute atomic E-state index is 11.9. The molecule has 0 radical (unpaired) electrons. The quantitative estimate of drug-likeness (QED) is 0.464. The molecule has 0 saturated heterocycles. The Labute approximate surface area is 111 Å². The molecule has 5 nitrogen and oxygen atoms in total. The predicted molar refractivity (Wildman–Crippen MR) is 74.4 cm³/mol. The molecule has 1 N–H and O–H groups in total. The van der Waals surface area contributed by atoms with E-state index in [1.54, 1.807) is 19.4 Å². The van der Waals surface area contributed by atoms with Crippen molar-refractivity contribution in [2.75, 3.05) is 39.7 Å². The van der Waals surface area contributed by atoms with Crippen LogP contribution in [0, 0.1) is 6.92 Å². The van der Waals surface area contributed by atoms with Crippen LogP contribution in [0.4, 0.5) is 5.13 Å². The third-order valence-corrected chi connectivity index (χ3v) is 3.26. The van der Waals surface area contributed by atoms with Crippen LogP contribution in [0.25, 0.3) is 0 Å². The maximum Gasteiger partial charge on any atom is 0.199 e. The van der Waals surface area contributed by atoms with Gasteiger partial charge in [-0.3, -0.25) is 4.79 Å². The third-order valence-electron chi connectivity index (χ3n) is 2.13. The standard InChI is InChI=1S/C12H19N3O2S/c1-9-11(10(16)5-7-15(2)3)18-12(14-9)13-6-8-17-4/h5,7H,6,8H2,1-4H3,(H,13,14). The molecule has 0 fully saturated rings. The van der Waals surface area contributed by atoms with Crippen molar-refractivity contribution >= 4 is 22.3 Å². The fourth-order valence-corrected chi connectivity index (χ4v) is 2.17. The summed E-state index contributed by atoms with van der Waals surface area (Å²) in [4.78, 5) is 18.7. The minimum absolute atomic E-state index is 0.0153. The Hall–Kier alpha value is -1.40. The van der Waals surface area contributed by atoms with E-state index < -0.39 is 0 Å². The van der Waals surface area contributed by atoms with Crippen molar-refractivity contribution in [1.82, 2.24) is 9.88 Å². The van der Waals surface area contributed by atoms with Crippen LogP contribution >= 0.6 is 11.3 Å². The van der Waals surface area contributed by atoms with E-state index in [4.69, 9.17) is 4.74 Å². The second kappa shape index (κ2) is 7.13. The van der Waals surface area contributed by atoms with Gasteiger partial charge in [0.15, 0.2) is 10.9 Å². The summed E-state index contributed by atoms with van der Waals surface area (Å²) in [5.74, 6) is -0.0153. The smallest absolute Gasteiger partial charge is 0.199 e. The Morgan fingerprint density at radius 1 is 1.56 bits per heavy atom. The Balaban J connectivity index is 2.69. The average molecular weight is 269 g/mol. The number of ether oxygens (including phenoxy) is 1. The number of anilines is 1. The van der Waals surface area contributed by atoms with Gasteiger partial charge in [0.05, 0.1) is 17.2 Å². The van der Waals surface area contributed by atoms with Gasteiger partial charge in [-0.25, -0.2) is 4.98 Å². The summed E-state index contributed by atoms with van der Waals surface area (Å²) in [6, 6.07) is 0. The number of nitrogens with zero attached hydrogens (tertiary/aromatic N) is 2. The van der Waals surface area contributed by atoms with Crippen LogP contribution in [0.1, 0.15) is 15.4 Å². The number of nitrogens with one attached hydrogen (secondary N) is 1. The van der Waals surface area contributed by atoms with Crippen molar-refractivity contribution in [1.29, 1.82) is 0 Å². The van der Waals surface area contributed by atoms with Gasteiger partial charge in [-0.2, -0.15) is 0 Å². The van der Waals surface area contributed by atoms with Crippen LogP contribution in [-0.4, -0.2) is 50.0 Å². The largest absolute Gasteiger partial charge is 0.383 e. The van der Waals surface area contributed by atoms with E-state index in [1.165, 1.54) is 11.3 Å². The van der Waals surface area contributed by atoms with E-state index in [0.29, 0.717) is 18.0 Å². The molecule has 1 rings (SSSR count). The van der Waals surface area contributed by atoms with Crippen molar-refractivity contribution < 1.29 is 9.53 Å². The lowest BCUT2D eigenvalue weighted by atomic mass is 10.3. The molecule has 0 aliphatic heterocycles. The Morgan fingerprint density at radius 3 is 2.89 bits per heavy atom. The summed E-state index contributed by atoms with van der Waals surface area (Å²) >= 11 is 1.37. The van der Waals surface area contributed by atoms with Gasteiger partial charge < -0.3 is 15.0 Å². The highest BCUT2D eigenvalue weighted by atomic mass is 32.1. The van der Waals surface area contributed by atoms with Gasteiger partial charge in [-0.05, 0) is 6.92 Å². The molecule has 18 heavy (non-hydrogen) atoms. The molecule has 1 aromatic heterocycles.